The Morgan fingerprint density at radius 1 is 0.750 bits per heavy atom. The Morgan fingerprint density at radius 2 is 1.30 bits per heavy atom. The van der Waals surface area contributed by atoms with Crippen molar-refractivity contribution in [3.8, 4) is 11.5 Å². The van der Waals surface area contributed by atoms with Crippen LogP contribution in [-0.4, -0.2) is 50.8 Å². The zero-order chi connectivity index (χ0) is 46.8. The fraction of sp³-hybridized carbons (Fsp3) is 0.512. The lowest BCUT2D eigenvalue weighted by molar-refractivity contribution is -0.137. The minimum absolute atomic E-state index is 0.122. The number of benzene rings is 2. The summed E-state index contributed by atoms with van der Waals surface area (Å²) in [6, 6.07) is 11.4. The molecule has 4 rings (SSSR count). The van der Waals surface area contributed by atoms with Crippen LogP contribution in [0.1, 0.15) is 108 Å². The molecule has 0 amide bonds. The molecule has 23 heteroatoms. The van der Waals surface area contributed by atoms with Crippen LogP contribution in [0.2, 0.25) is 0 Å². The van der Waals surface area contributed by atoms with E-state index >= 15 is 0 Å². The average Bonchev–Trinajstić information content (AvgIpc) is 3.71. The molecule has 2 aromatic carbocycles. The number of nitrogens with one attached hydrogen (secondary N) is 1. The Morgan fingerprint density at radius 3 is 1.86 bits per heavy atom. The van der Waals surface area contributed by atoms with E-state index in [0.717, 1.165) is 23.8 Å². The number of aromatic amines is 1. The van der Waals surface area contributed by atoms with Crippen LogP contribution < -0.4 is 20.7 Å². The Hall–Kier alpha value is -4.03. The van der Waals surface area contributed by atoms with Gasteiger partial charge in [-0.05, 0) is 54.8 Å². The van der Waals surface area contributed by atoms with Gasteiger partial charge in [-0.3, -0.25) is 32.7 Å². The Labute approximate surface area is 371 Å². The van der Waals surface area contributed by atoms with Gasteiger partial charge in [-0.25, -0.2) is 23.3 Å². The van der Waals surface area contributed by atoms with Crippen LogP contribution in [0.15, 0.2) is 76.5 Å². The molecule has 20 nitrogen and oxygen atoms in total. The molecule has 5 atom stereocenters. The second-order valence-electron chi connectivity index (χ2n) is 15.1. The number of carbonyl (C=O) groups excluding carboxylic acids is 2. The molecule has 3 aromatic rings. The first-order chi connectivity index (χ1) is 30.4. The quantitative estimate of drug-likeness (QED) is 0.0153. The van der Waals surface area contributed by atoms with Gasteiger partial charge in [0.2, 0.25) is 0 Å². The van der Waals surface area contributed by atoms with Crippen molar-refractivity contribution in [3.63, 3.8) is 0 Å². The number of unbranched alkanes of at least 4 members (excludes halogenated alkanes) is 9. The number of aromatic nitrogens is 2. The molecule has 3 unspecified atom stereocenters. The van der Waals surface area contributed by atoms with Gasteiger partial charge in [-0.2, -0.15) is 8.62 Å². The minimum atomic E-state index is -5.82. The number of hydrogen-bond donors (Lipinski definition) is 3. The molecule has 0 spiro atoms. The van der Waals surface area contributed by atoms with Crippen LogP contribution in [-0.2, 0) is 63.4 Å². The Balaban J connectivity index is 1.32. The molecule has 0 radical (unpaired) electrons. The predicted molar refractivity (Wildman–Crippen MR) is 231 cm³/mol. The standard InChI is InChI=1S/C41H57N2O18P3/c1-5-6-7-8-9-10-11-12-13-14-25-53-41(47)59-35-21-17-33(18-22-35)28-56-64(52,55-27-32-15-19-34(20-16-32)58-39(45)30(2)3)61-63(50,51)60-62(48,49)54-29-36-23-24-37(57-36)43-26-31(4)38(44)42-40(43)46/h15-24,26,30,36-37H,5-14,25,27-29H2,1-4H3,(H,48,49)(H,50,51)(H,42,44,46)/t36-,37+,64?/m0/s1. The van der Waals surface area contributed by atoms with Gasteiger partial charge in [0.25, 0.3) is 5.56 Å². The number of H-pyrrole nitrogens is 1. The Bertz CT molecular complexity index is 2260. The van der Waals surface area contributed by atoms with Gasteiger partial charge < -0.3 is 28.7 Å². The molecule has 64 heavy (non-hydrogen) atoms. The van der Waals surface area contributed by atoms with Crippen LogP contribution in [0.3, 0.4) is 0 Å². The zero-order valence-corrected chi connectivity index (χ0v) is 38.9. The van der Waals surface area contributed by atoms with E-state index in [4.69, 9.17) is 36.8 Å². The number of hydrogen-bond acceptors (Lipinski definition) is 16. The Kier molecular flexibility index (Phi) is 21.0. The van der Waals surface area contributed by atoms with Crippen LogP contribution >= 0.6 is 23.5 Å². The maximum absolute atomic E-state index is 13.9. The maximum atomic E-state index is 13.9. The number of phosphoric ester groups is 2. The number of carbonyl (C=O) groups is 2. The van der Waals surface area contributed by atoms with Crippen LogP contribution in [0.5, 0.6) is 11.5 Å². The van der Waals surface area contributed by atoms with Crippen molar-refractivity contribution < 1.29 is 74.2 Å². The topological polar surface area (TPSA) is 264 Å². The van der Waals surface area contributed by atoms with Crippen molar-refractivity contribution in [1.29, 1.82) is 0 Å². The lowest BCUT2D eigenvalue weighted by atomic mass is 10.1. The van der Waals surface area contributed by atoms with Crippen molar-refractivity contribution in [2.24, 2.45) is 5.92 Å². The van der Waals surface area contributed by atoms with Crippen molar-refractivity contribution in [1.82, 2.24) is 9.55 Å². The average molecular weight is 959 g/mol. The molecule has 1 aliphatic heterocycles. The summed E-state index contributed by atoms with van der Waals surface area (Å²) in [5, 5.41) is 0. The normalized spacial score (nSPS) is 17.7. The summed E-state index contributed by atoms with van der Waals surface area (Å²) in [5.74, 6) is -0.549. The molecular formula is C41H57N2O18P3. The first-order valence-corrected chi connectivity index (χ1v) is 25.3. The van der Waals surface area contributed by atoms with Gasteiger partial charge in [0.1, 0.15) is 17.6 Å². The van der Waals surface area contributed by atoms with Gasteiger partial charge in [-0.1, -0.05) is 109 Å². The van der Waals surface area contributed by atoms with Crippen LogP contribution in [0.4, 0.5) is 4.79 Å². The first kappa shape index (κ1) is 52.6. The first-order valence-electron chi connectivity index (χ1n) is 20.9. The third kappa shape index (κ3) is 18.8. The van der Waals surface area contributed by atoms with E-state index in [1.54, 1.807) is 13.8 Å². The maximum Gasteiger partial charge on any atom is 0.513 e. The SMILES string of the molecule is CCCCCCCCCCCCOC(=O)Oc1ccc(COP(=O)(OCc2ccc(OC(=O)C(C)C)cc2)OP(=O)(O)OP(=O)(O)OC[C@@H]2C=C[C@H](n3cc(C)c(=O)[nH]c3=O)O2)cc1. The molecule has 0 aliphatic carbocycles. The number of aryl methyl sites for hydroxylation is 1. The minimum Gasteiger partial charge on any atom is -0.434 e. The summed E-state index contributed by atoms with van der Waals surface area (Å²) in [4.78, 5) is 71.1. The molecule has 354 valence electrons. The third-order valence-corrected chi connectivity index (χ3v) is 13.9. The van der Waals surface area contributed by atoms with Crippen molar-refractivity contribution in [3.05, 3.63) is 104 Å². The van der Waals surface area contributed by atoms with E-state index in [0.29, 0.717) is 17.5 Å². The molecule has 1 aliphatic rings. The monoisotopic (exact) mass is 958 g/mol. The molecule has 0 fully saturated rings. The largest absolute Gasteiger partial charge is 0.513 e. The molecule has 0 bridgehead atoms. The lowest BCUT2D eigenvalue weighted by Crippen LogP contribution is -2.33. The molecule has 3 N–H and O–H groups in total. The summed E-state index contributed by atoms with van der Waals surface area (Å²) in [5.41, 5.74) is -0.553. The van der Waals surface area contributed by atoms with Gasteiger partial charge in [0, 0.05) is 11.8 Å². The van der Waals surface area contributed by atoms with E-state index in [2.05, 4.69) is 16.2 Å². The summed E-state index contributed by atoms with van der Waals surface area (Å²) < 4.78 is 86.8. The van der Waals surface area contributed by atoms with Crippen LogP contribution in [0.25, 0.3) is 0 Å². The highest BCUT2D eigenvalue weighted by Gasteiger charge is 2.44. The summed E-state index contributed by atoms with van der Waals surface area (Å²) in [6.07, 6.45) is 12.4. The van der Waals surface area contributed by atoms with Crippen LogP contribution in [0, 0.1) is 12.8 Å². The highest BCUT2D eigenvalue weighted by atomic mass is 31.3. The number of esters is 1. The highest BCUT2D eigenvalue weighted by Crippen LogP contribution is 2.69. The summed E-state index contributed by atoms with van der Waals surface area (Å²) in [7, 11) is -16.5. The van der Waals surface area contributed by atoms with Crippen molar-refractivity contribution >= 4 is 35.6 Å². The summed E-state index contributed by atoms with van der Waals surface area (Å²) >= 11 is 0. The van der Waals surface area contributed by atoms with E-state index in [9.17, 15) is 42.7 Å². The number of nitrogens with zero attached hydrogens (tertiary/aromatic N) is 1. The van der Waals surface area contributed by atoms with Gasteiger partial charge in [-0.15, -0.1) is 0 Å². The highest BCUT2D eigenvalue weighted by molar-refractivity contribution is 7.67. The van der Waals surface area contributed by atoms with Gasteiger partial charge in [0.15, 0.2) is 6.23 Å². The smallest absolute Gasteiger partial charge is 0.434 e. The van der Waals surface area contributed by atoms with Crippen molar-refractivity contribution in [2.45, 2.75) is 117 Å². The molecule has 2 heterocycles. The van der Waals surface area contributed by atoms with Gasteiger partial charge >= 0.3 is 41.3 Å². The number of phosphoric acid groups is 3. The molecule has 0 saturated carbocycles. The van der Waals surface area contributed by atoms with E-state index in [-0.39, 0.29) is 23.7 Å². The second-order valence-corrected chi connectivity index (χ2v) is 19.9. The van der Waals surface area contributed by atoms with E-state index < -0.39 is 84.9 Å². The molecule has 0 saturated heterocycles. The fourth-order valence-electron chi connectivity index (χ4n) is 5.78. The van der Waals surface area contributed by atoms with E-state index in [1.165, 1.54) is 112 Å². The molecule has 1 aromatic heterocycles. The van der Waals surface area contributed by atoms with E-state index in [1.807, 2.05) is 0 Å². The predicted octanol–water partition coefficient (Wildman–Crippen LogP) is 9.09. The third-order valence-electron chi connectivity index (χ3n) is 9.27. The van der Waals surface area contributed by atoms with Gasteiger partial charge in [0.05, 0.1) is 32.3 Å². The zero-order valence-electron chi connectivity index (χ0n) is 36.2. The number of ether oxygens (including phenoxy) is 4. The van der Waals surface area contributed by atoms with Crippen molar-refractivity contribution in [2.75, 3.05) is 13.2 Å². The summed E-state index contributed by atoms with van der Waals surface area (Å²) in [6.45, 7) is 5.30. The molecular weight excluding hydrogens is 901 g/mol. The second kappa shape index (κ2) is 25.6. The lowest BCUT2D eigenvalue weighted by Gasteiger charge is -2.22. The number of rotatable bonds is 28. The fourth-order valence-corrected chi connectivity index (χ4v) is 9.82.